The molecule has 2 rings (SSSR count). The van der Waals surface area contributed by atoms with E-state index in [2.05, 4.69) is 0 Å². The summed E-state index contributed by atoms with van der Waals surface area (Å²) in [6.07, 6.45) is 0. The van der Waals surface area contributed by atoms with Gasteiger partial charge < -0.3 is 20.6 Å². The lowest BCUT2D eigenvalue weighted by molar-refractivity contribution is 0.0640. The first kappa shape index (κ1) is 13.9. The van der Waals surface area contributed by atoms with E-state index >= 15 is 0 Å². The molecule has 0 spiro atoms. The highest BCUT2D eigenvalue weighted by Crippen LogP contribution is 2.13. The number of hydrogen-bond acceptors (Lipinski definition) is 3. The van der Waals surface area contributed by atoms with Gasteiger partial charge in [0.05, 0.1) is 11.1 Å². The number of nitrogens with zero attached hydrogens (tertiary/aromatic N) is 2. The Morgan fingerprint density at radius 3 is 1.95 bits per heavy atom. The molecule has 0 unspecified atom stereocenters. The molecule has 0 aliphatic carbocycles. The summed E-state index contributed by atoms with van der Waals surface area (Å²) in [5.41, 5.74) is 5.31. The molecule has 20 heavy (non-hydrogen) atoms. The van der Waals surface area contributed by atoms with Gasteiger partial charge in [-0.2, -0.15) is 0 Å². The number of piperazine rings is 1. The van der Waals surface area contributed by atoms with Crippen LogP contribution in [-0.2, 0) is 0 Å². The highest BCUT2D eigenvalue weighted by molar-refractivity contribution is 6.04. The third-order valence-electron chi connectivity index (χ3n) is 3.27. The summed E-state index contributed by atoms with van der Waals surface area (Å²) in [5.74, 6) is -1.48. The average Bonchev–Trinajstić information content (AvgIpc) is 2.46. The van der Waals surface area contributed by atoms with Crippen LogP contribution in [0.4, 0.5) is 4.79 Å². The first-order valence-corrected chi connectivity index (χ1v) is 6.16. The number of carboxylic acids is 1. The summed E-state index contributed by atoms with van der Waals surface area (Å²) in [4.78, 5) is 37.4. The maximum Gasteiger partial charge on any atom is 0.336 e. The van der Waals surface area contributed by atoms with Gasteiger partial charge >= 0.3 is 12.0 Å². The molecule has 0 atom stereocenters. The van der Waals surface area contributed by atoms with Crippen LogP contribution in [0.25, 0.3) is 0 Å². The zero-order valence-corrected chi connectivity index (χ0v) is 10.8. The Bertz CT molecular complexity index is 550. The Labute approximate surface area is 115 Å². The van der Waals surface area contributed by atoms with Crippen molar-refractivity contribution in [3.63, 3.8) is 0 Å². The summed E-state index contributed by atoms with van der Waals surface area (Å²) >= 11 is 0. The minimum Gasteiger partial charge on any atom is -0.478 e. The summed E-state index contributed by atoms with van der Waals surface area (Å²) < 4.78 is 0. The molecule has 0 saturated carbocycles. The average molecular weight is 277 g/mol. The highest BCUT2D eigenvalue weighted by atomic mass is 16.4. The van der Waals surface area contributed by atoms with Gasteiger partial charge in [0.15, 0.2) is 0 Å². The Balaban J connectivity index is 2.13. The van der Waals surface area contributed by atoms with Crippen LogP contribution < -0.4 is 5.73 Å². The second-order valence-corrected chi connectivity index (χ2v) is 4.47. The normalized spacial score (nSPS) is 15.0. The van der Waals surface area contributed by atoms with Gasteiger partial charge in [0.1, 0.15) is 0 Å². The van der Waals surface area contributed by atoms with Gasteiger partial charge in [0.25, 0.3) is 5.91 Å². The van der Waals surface area contributed by atoms with Crippen LogP contribution in [0.2, 0.25) is 0 Å². The standard InChI is InChI=1S/C13H15N3O4/c14-13(20)16-7-5-15(6-8-16)11(17)9-3-1-2-4-10(9)12(18)19/h1-4H,5-8H2,(H2,14,20)(H,18,19). The van der Waals surface area contributed by atoms with Crippen molar-refractivity contribution in [2.45, 2.75) is 0 Å². The monoisotopic (exact) mass is 277 g/mol. The molecule has 1 heterocycles. The third-order valence-corrected chi connectivity index (χ3v) is 3.27. The number of aromatic carboxylic acids is 1. The molecule has 0 aromatic heterocycles. The minimum absolute atomic E-state index is 0.0187. The van der Waals surface area contributed by atoms with Gasteiger partial charge in [-0.25, -0.2) is 9.59 Å². The van der Waals surface area contributed by atoms with Crippen molar-refractivity contribution in [2.75, 3.05) is 26.2 Å². The first-order valence-electron chi connectivity index (χ1n) is 6.16. The van der Waals surface area contributed by atoms with Crippen molar-refractivity contribution in [3.8, 4) is 0 Å². The van der Waals surface area contributed by atoms with Crippen LogP contribution in [0.15, 0.2) is 24.3 Å². The van der Waals surface area contributed by atoms with Crippen molar-refractivity contribution in [1.82, 2.24) is 9.80 Å². The molecule has 1 aliphatic rings. The number of benzene rings is 1. The van der Waals surface area contributed by atoms with Crippen molar-refractivity contribution < 1.29 is 19.5 Å². The molecule has 1 fully saturated rings. The van der Waals surface area contributed by atoms with Gasteiger partial charge in [0.2, 0.25) is 0 Å². The highest BCUT2D eigenvalue weighted by Gasteiger charge is 2.26. The number of urea groups is 1. The number of carbonyl (C=O) groups is 3. The fourth-order valence-electron chi connectivity index (χ4n) is 2.16. The molecule has 3 N–H and O–H groups in total. The van der Waals surface area contributed by atoms with E-state index in [1.807, 2.05) is 0 Å². The van der Waals surface area contributed by atoms with Crippen LogP contribution >= 0.6 is 0 Å². The van der Waals surface area contributed by atoms with Crippen molar-refractivity contribution in [2.24, 2.45) is 5.73 Å². The van der Waals surface area contributed by atoms with E-state index in [0.717, 1.165) is 0 Å². The molecule has 3 amide bonds. The van der Waals surface area contributed by atoms with Crippen LogP contribution in [0.5, 0.6) is 0 Å². The summed E-state index contributed by atoms with van der Waals surface area (Å²) in [7, 11) is 0. The van der Waals surface area contributed by atoms with E-state index < -0.39 is 12.0 Å². The van der Waals surface area contributed by atoms with Crippen LogP contribution in [-0.4, -0.2) is 59.0 Å². The van der Waals surface area contributed by atoms with Crippen molar-refractivity contribution in [3.05, 3.63) is 35.4 Å². The molecule has 1 aromatic rings. The number of rotatable bonds is 2. The Morgan fingerprint density at radius 1 is 0.950 bits per heavy atom. The fraction of sp³-hybridized carbons (Fsp3) is 0.308. The van der Waals surface area contributed by atoms with E-state index in [-0.39, 0.29) is 17.0 Å². The molecular weight excluding hydrogens is 262 g/mol. The molecule has 0 bridgehead atoms. The van der Waals surface area contributed by atoms with E-state index in [1.54, 1.807) is 12.1 Å². The Kier molecular flexibility index (Phi) is 3.88. The maximum atomic E-state index is 12.3. The Morgan fingerprint density at radius 2 is 1.45 bits per heavy atom. The lowest BCUT2D eigenvalue weighted by atomic mass is 10.1. The van der Waals surface area contributed by atoms with Gasteiger partial charge in [-0.05, 0) is 12.1 Å². The number of primary amides is 1. The molecule has 1 saturated heterocycles. The molecule has 7 nitrogen and oxygen atoms in total. The lowest BCUT2D eigenvalue weighted by Crippen LogP contribution is -2.52. The number of amides is 3. The largest absolute Gasteiger partial charge is 0.478 e. The number of hydrogen-bond donors (Lipinski definition) is 2. The maximum absolute atomic E-state index is 12.3. The number of carboxylic acid groups (broad SMARTS) is 1. The van der Waals surface area contributed by atoms with Crippen LogP contribution in [0, 0.1) is 0 Å². The molecular formula is C13H15N3O4. The van der Waals surface area contributed by atoms with E-state index in [9.17, 15) is 14.4 Å². The minimum atomic E-state index is -1.13. The second-order valence-electron chi connectivity index (χ2n) is 4.47. The molecule has 106 valence electrons. The summed E-state index contributed by atoms with van der Waals surface area (Å²) in [5, 5.41) is 9.09. The SMILES string of the molecule is NC(=O)N1CCN(C(=O)c2ccccc2C(=O)O)CC1. The van der Waals surface area contributed by atoms with Crippen LogP contribution in [0.3, 0.4) is 0 Å². The topological polar surface area (TPSA) is 104 Å². The Hall–Kier alpha value is -2.57. The van der Waals surface area contributed by atoms with Crippen molar-refractivity contribution in [1.29, 1.82) is 0 Å². The van der Waals surface area contributed by atoms with Crippen molar-refractivity contribution >= 4 is 17.9 Å². The van der Waals surface area contributed by atoms with E-state index in [0.29, 0.717) is 26.2 Å². The molecule has 0 radical (unpaired) electrons. The zero-order valence-electron chi connectivity index (χ0n) is 10.8. The number of nitrogens with two attached hydrogens (primary N) is 1. The van der Waals surface area contributed by atoms with E-state index in [1.165, 1.54) is 21.9 Å². The molecule has 1 aliphatic heterocycles. The van der Waals surface area contributed by atoms with Gasteiger partial charge in [-0.1, -0.05) is 12.1 Å². The smallest absolute Gasteiger partial charge is 0.336 e. The zero-order chi connectivity index (χ0) is 14.7. The predicted molar refractivity (Wildman–Crippen MR) is 70.5 cm³/mol. The predicted octanol–water partition coefficient (Wildman–Crippen LogP) is 0.221. The molecule has 7 heteroatoms. The van der Waals surface area contributed by atoms with Crippen LogP contribution in [0.1, 0.15) is 20.7 Å². The lowest BCUT2D eigenvalue weighted by Gasteiger charge is -2.34. The fourth-order valence-corrected chi connectivity index (χ4v) is 2.16. The van der Waals surface area contributed by atoms with Gasteiger partial charge in [-0.3, -0.25) is 4.79 Å². The molecule has 1 aromatic carbocycles. The van der Waals surface area contributed by atoms with Gasteiger partial charge in [0, 0.05) is 26.2 Å². The third kappa shape index (κ3) is 2.71. The summed E-state index contributed by atoms with van der Waals surface area (Å²) in [6.45, 7) is 1.40. The number of carbonyl (C=O) groups excluding carboxylic acids is 2. The van der Waals surface area contributed by atoms with Gasteiger partial charge in [-0.15, -0.1) is 0 Å². The quantitative estimate of drug-likeness (QED) is 0.806. The summed E-state index contributed by atoms with van der Waals surface area (Å²) in [6, 6.07) is 5.58. The second kappa shape index (κ2) is 5.60. The van der Waals surface area contributed by atoms with E-state index in [4.69, 9.17) is 10.8 Å². The first-order chi connectivity index (χ1) is 9.50.